The monoisotopic (exact) mass is 326 g/mol. The molecule has 24 heavy (non-hydrogen) atoms. The van der Waals surface area contributed by atoms with E-state index in [2.05, 4.69) is 10.6 Å². The minimum absolute atomic E-state index is 0.0399. The normalized spacial score (nSPS) is 11.6. The smallest absolute Gasteiger partial charge is 0.313 e. The van der Waals surface area contributed by atoms with Crippen LogP contribution >= 0.6 is 0 Å². The maximum atomic E-state index is 12.0. The van der Waals surface area contributed by atoms with E-state index in [1.807, 2.05) is 48.5 Å². The number of amides is 2. The van der Waals surface area contributed by atoms with Gasteiger partial charge in [0, 0.05) is 18.8 Å². The van der Waals surface area contributed by atoms with Crippen LogP contribution in [0.2, 0.25) is 0 Å². The molecule has 0 heterocycles. The molecule has 1 atom stereocenters. The van der Waals surface area contributed by atoms with E-state index in [0.717, 1.165) is 11.1 Å². The van der Waals surface area contributed by atoms with Gasteiger partial charge in [0.2, 0.25) is 0 Å². The van der Waals surface area contributed by atoms with Crippen molar-refractivity contribution in [2.75, 3.05) is 18.5 Å². The molecule has 0 fully saturated rings. The first-order valence-electron chi connectivity index (χ1n) is 7.92. The van der Waals surface area contributed by atoms with Crippen molar-refractivity contribution in [1.82, 2.24) is 5.32 Å². The van der Waals surface area contributed by atoms with Gasteiger partial charge in [-0.05, 0) is 29.5 Å². The number of benzene rings is 2. The molecule has 1 unspecified atom stereocenters. The second-order valence-electron chi connectivity index (χ2n) is 5.77. The van der Waals surface area contributed by atoms with E-state index in [1.165, 1.54) is 0 Å². The Morgan fingerprint density at radius 1 is 1.00 bits per heavy atom. The zero-order chi connectivity index (χ0) is 17.4. The van der Waals surface area contributed by atoms with Gasteiger partial charge in [0.1, 0.15) is 0 Å². The zero-order valence-electron chi connectivity index (χ0n) is 13.7. The summed E-state index contributed by atoms with van der Waals surface area (Å²) in [6.45, 7) is 2.00. The van der Waals surface area contributed by atoms with Gasteiger partial charge in [-0.2, -0.15) is 0 Å². The Labute approximate surface area is 141 Å². The molecule has 2 aromatic rings. The fourth-order valence-corrected chi connectivity index (χ4v) is 2.20. The Balaban J connectivity index is 2.01. The minimum Gasteiger partial charge on any atom is -0.396 e. The largest absolute Gasteiger partial charge is 0.396 e. The molecule has 2 aromatic carbocycles. The van der Waals surface area contributed by atoms with Crippen LogP contribution in [0, 0.1) is 5.92 Å². The molecule has 126 valence electrons. The van der Waals surface area contributed by atoms with Crippen molar-refractivity contribution in [2.24, 2.45) is 5.92 Å². The number of aliphatic hydroxyl groups excluding tert-OH is 1. The van der Waals surface area contributed by atoms with Crippen LogP contribution in [0.1, 0.15) is 18.1 Å². The third-order valence-corrected chi connectivity index (χ3v) is 3.63. The summed E-state index contributed by atoms with van der Waals surface area (Å²) in [5, 5.41) is 14.1. The van der Waals surface area contributed by atoms with Gasteiger partial charge < -0.3 is 15.7 Å². The third-order valence-electron chi connectivity index (χ3n) is 3.63. The lowest BCUT2D eigenvalue weighted by atomic mass is 10.0. The molecule has 0 aliphatic heterocycles. The van der Waals surface area contributed by atoms with Crippen molar-refractivity contribution in [3.8, 4) is 0 Å². The van der Waals surface area contributed by atoms with Crippen LogP contribution in [-0.4, -0.2) is 30.1 Å². The van der Waals surface area contributed by atoms with Crippen LogP contribution in [0.5, 0.6) is 0 Å². The molecule has 0 saturated heterocycles. The molecule has 0 aliphatic rings. The van der Waals surface area contributed by atoms with Gasteiger partial charge in [-0.3, -0.25) is 9.59 Å². The van der Waals surface area contributed by atoms with Crippen LogP contribution in [0.25, 0.3) is 0 Å². The Morgan fingerprint density at radius 3 is 2.38 bits per heavy atom. The fraction of sp³-hybridized carbons (Fsp3) is 0.263. The number of hydrogen-bond acceptors (Lipinski definition) is 3. The molecule has 0 saturated carbocycles. The van der Waals surface area contributed by atoms with Crippen molar-refractivity contribution in [2.45, 2.75) is 13.3 Å². The number of rotatable bonds is 6. The van der Waals surface area contributed by atoms with Crippen molar-refractivity contribution in [3.63, 3.8) is 0 Å². The third kappa shape index (κ3) is 5.21. The Hall–Kier alpha value is -2.66. The number of carbonyl (C=O) groups is 2. The zero-order valence-corrected chi connectivity index (χ0v) is 13.7. The summed E-state index contributed by atoms with van der Waals surface area (Å²) in [6, 6.07) is 17.3. The molecule has 2 rings (SSSR count). The lowest BCUT2D eigenvalue weighted by Crippen LogP contribution is -2.38. The first kappa shape index (κ1) is 17.7. The molecule has 0 bridgehead atoms. The van der Waals surface area contributed by atoms with Crippen LogP contribution in [0.3, 0.4) is 0 Å². The maximum absolute atomic E-state index is 12.0. The van der Waals surface area contributed by atoms with Gasteiger partial charge >= 0.3 is 11.8 Å². The highest BCUT2D eigenvalue weighted by molar-refractivity contribution is 6.39. The first-order chi connectivity index (χ1) is 11.6. The van der Waals surface area contributed by atoms with E-state index in [9.17, 15) is 9.59 Å². The molecule has 0 radical (unpaired) electrons. The predicted molar refractivity (Wildman–Crippen MR) is 93.6 cm³/mol. The average molecular weight is 326 g/mol. The van der Waals surface area contributed by atoms with Gasteiger partial charge in [0.15, 0.2) is 0 Å². The maximum Gasteiger partial charge on any atom is 0.313 e. The van der Waals surface area contributed by atoms with Crippen molar-refractivity contribution in [3.05, 3.63) is 65.7 Å². The molecule has 0 aliphatic carbocycles. The topological polar surface area (TPSA) is 78.4 Å². The minimum atomic E-state index is -0.708. The summed E-state index contributed by atoms with van der Waals surface area (Å²) in [4.78, 5) is 23.9. The van der Waals surface area contributed by atoms with Crippen LogP contribution < -0.4 is 10.6 Å². The standard InChI is InChI=1S/C19H22N2O3/c1-14(13-22)12-20-18(23)19(24)21-17-10-6-5-9-16(17)11-15-7-3-2-4-8-15/h2-10,14,22H,11-13H2,1H3,(H,20,23)(H,21,24). The van der Waals surface area contributed by atoms with Gasteiger partial charge in [-0.15, -0.1) is 0 Å². The highest BCUT2D eigenvalue weighted by Gasteiger charge is 2.15. The molecule has 2 amide bonds. The highest BCUT2D eigenvalue weighted by Crippen LogP contribution is 2.19. The lowest BCUT2D eigenvalue weighted by molar-refractivity contribution is -0.136. The van der Waals surface area contributed by atoms with E-state index in [-0.39, 0.29) is 19.1 Å². The van der Waals surface area contributed by atoms with E-state index >= 15 is 0 Å². The van der Waals surface area contributed by atoms with Gasteiger partial charge in [0.25, 0.3) is 0 Å². The van der Waals surface area contributed by atoms with E-state index in [0.29, 0.717) is 12.1 Å². The summed E-state index contributed by atoms with van der Waals surface area (Å²) in [5.41, 5.74) is 2.69. The summed E-state index contributed by atoms with van der Waals surface area (Å²) in [6.07, 6.45) is 0.667. The quantitative estimate of drug-likeness (QED) is 0.710. The summed E-state index contributed by atoms with van der Waals surface area (Å²) in [5.74, 6) is -1.50. The predicted octanol–water partition coefficient (Wildman–Crippen LogP) is 1.96. The van der Waals surface area contributed by atoms with Crippen LogP contribution in [0.4, 0.5) is 5.69 Å². The highest BCUT2D eigenvalue weighted by atomic mass is 16.3. The van der Waals surface area contributed by atoms with E-state index in [1.54, 1.807) is 13.0 Å². The molecular weight excluding hydrogens is 304 g/mol. The number of aliphatic hydroxyl groups is 1. The fourth-order valence-electron chi connectivity index (χ4n) is 2.20. The number of carbonyl (C=O) groups excluding carboxylic acids is 2. The van der Waals surface area contributed by atoms with Gasteiger partial charge in [-0.1, -0.05) is 55.5 Å². The Bertz CT molecular complexity index is 686. The number of anilines is 1. The van der Waals surface area contributed by atoms with Gasteiger partial charge in [0.05, 0.1) is 0 Å². The Kier molecular flexibility index (Phi) is 6.51. The van der Waals surface area contributed by atoms with Crippen molar-refractivity contribution >= 4 is 17.5 Å². The number of hydrogen-bond donors (Lipinski definition) is 3. The lowest BCUT2D eigenvalue weighted by Gasteiger charge is -2.12. The van der Waals surface area contributed by atoms with Crippen LogP contribution in [0.15, 0.2) is 54.6 Å². The molecule has 0 aromatic heterocycles. The number of para-hydroxylation sites is 1. The number of nitrogens with one attached hydrogen (secondary N) is 2. The first-order valence-corrected chi connectivity index (χ1v) is 7.92. The Morgan fingerprint density at radius 2 is 1.67 bits per heavy atom. The second kappa shape index (κ2) is 8.84. The summed E-state index contributed by atoms with van der Waals surface area (Å²) >= 11 is 0. The van der Waals surface area contributed by atoms with Crippen molar-refractivity contribution < 1.29 is 14.7 Å². The molecular formula is C19H22N2O3. The summed E-state index contributed by atoms with van der Waals surface area (Å²) < 4.78 is 0. The molecule has 5 heteroatoms. The second-order valence-corrected chi connectivity index (χ2v) is 5.77. The molecule has 3 N–H and O–H groups in total. The van der Waals surface area contributed by atoms with E-state index < -0.39 is 11.8 Å². The summed E-state index contributed by atoms with van der Waals surface area (Å²) in [7, 11) is 0. The molecule has 0 spiro atoms. The SMILES string of the molecule is CC(CO)CNC(=O)C(=O)Nc1ccccc1Cc1ccccc1. The van der Waals surface area contributed by atoms with Gasteiger partial charge in [-0.25, -0.2) is 0 Å². The average Bonchev–Trinajstić information content (AvgIpc) is 2.61. The molecule has 5 nitrogen and oxygen atoms in total. The van der Waals surface area contributed by atoms with Crippen LogP contribution in [-0.2, 0) is 16.0 Å². The van der Waals surface area contributed by atoms with E-state index in [4.69, 9.17) is 5.11 Å². The van der Waals surface area contributed by atoms with Crippen molar-refractivity contribution in [1.29, 1.82) is 0 Å².